The monoisotopic (exact) mass is 267 g/mol. The molecule has 0 atom stereocenters. The van der Waals surface area contributed by atoms with Crippen LogP contribution in [-0.2, 0) is 7.05 Å². The second-order valence-corrected chi connectivity index (χ2v) is 4.40. The van der Waals surface area contributed by atoms with E-state index in [-0.39, 0.29) is 5.75 Å². The number of halogens is 1. The van der Waals surface area contributed by atoms with Gasteiger partial charge in [0, 0.05) is 29.3 Å². The average Bonchev–Trinajstić information content (AvgIpc) is 2.65. The summed E-state index contributed by atoms with van der Waals surface area (Å²) in [6.07, 6.45) is 0. The van der Waals surface area contributed by atoms with Crippen molar-refractivity contribution in [3.05, 3.63) is 22.7 Å². The fourth-order valence-electron chi connectivity index (χ4n) is 1.77. The number of rotatable bonds is 2. The van der Waals surface area contributed by atoms with E-state index < -0.39 is 0 Å². The zero-order valence-electron chi connectivity index (χ0n) is 10.4. The molecule has 0 bridgehead atoms. The van der Waals surface area contributed by atoms with Crippen molar-refractivity contribution >= 4 is 17.4 Å². The van der Waals surface area contributed by atoms with Crippen LogP contribution in [0.25, 0.3) is 11.3 Å². The number of hydrogen-bond acceptors (Lipinski definition) is 4. The number of nitrogens with two attached hydrogens (primary N) is 1. The minimum absolute atomic E-state index is 0.0116. The Bertz CT molecular complexity index is 588. The van der Waals surface area contributed by atoms with Gasteiger partial charge in [0.25, 0.3) is 0 Å². The molecule has 0 unspecified atom stereocenters. The van der Waals surface area contributed by atoms with Crippen molar-refractivity contribution in [2.45, 2.75) is 6.92 Å². The number of aromatic nitrogens is 2. The number of phenolic OH excluding ortho intramolecular Hbond substituents is 1. The minimum Gasteiger partial charge on any atom is -0.504 e. The lowest BCUT2D eigenvalue weighted by Gasteiger charge is -2.11. The van der Waals surface area contributed by atoms with E-state index in [0.29, 0.717) is 33.4 Å². The average molecular weight is 268 g/mol. The third kappa shape index (κ3) is 1.86. The molecule has 0 spiro atoms. The van der Waals surface area contributed by atoms with Gasteiger partial charge in [-0.25, -0.2) is 0 Å². The van der Waals surface area contributed by atoms with Gasteiger partial charge in [-0.2, -0.15) is 5.10 Å². The Morgan fingerprint density at radius 2 is 2.11 bits per heavy atom. The molecule has 2 aromatic rings. The van der Waals surface area contributed by atoms with Gasteiger partial charge in [0.2, 0.25) is 0 Å². The first-order valence-electron chi connectivity index (χ1n) is 5.31. The molecular weight excluding hydrogens is 254 g/mol. The summed E-state index contributed by atoms with van der Waals surface area (Å²) in [7, 11) is 3.21. The number of nitrogens with zero attached hydrogens (tertiary/aromatic N) is 2. The second kappa shape index (κ2) is 4.42. The normalized spacial score (nSPS) is 10.7. The summed E-state index contributed by atoms with van der Waals surface area (Å²) >= 11 is 6.11. The second-order valence-electron chi connectivity index (χ2n) is 3.99. The predicted molar refractivity (Wildman–Crippen MR) is 71.0 cm³/mol. The number of aryl methyl sites for hydroxylation is 1. The van der Waals surface area contributed by atoms with E-state index in [2.05, 4.69) is 5.10 Å². The fraction of sp³-hybridized carbons (Fsp3) is 0.250. The maximum absolute atomic E-state index is 10.2. The molecule has 1 aromatic carbocycles. The summed E-state index contributed by atoms with van der Waals surface area (Å²) < 4.78 is 6.68. The third-order valence-electron chi connectivity index (χ3n) is 2.84. The molecule has 0 saturated carbocycles. The summed E-state index contributed by atoms with van der Waals surface area (Å²) in [5.41, 5.74) is 7.45. The molecule has 1 aromatic heterocycles. The van der Waals surface area contributed by atoms with Gasteiger partial charge in [-0.15, -0.1) is 0 Å². The number of nitrogen functional groups attached to an aromatic ring is 1. The minimum atomic E-state index is 0.0116. The highest BCUT2D eigenvalue weighted by molar-refractivity contribution is 6.32. The van der Waals surface area contributed by atoms with Crippen molar-refractivity contribution in [2.24, 2.45) is 7.05 Å². The van der Waals surface area contributed by atoms with Crippen molar-refractivity contribution < 1.29 is 9.84 Å². The molecule has 0 saturated heterocycles. The largest absolute Gasteiger partial charge is 0.504 e. The zero-order chi connectivity index (χ0) is 13.4. The van der Waals surface area contributed by atoms with Gasteiger partial charge < -0.3 is 15.6 Å². The standard InChI is InChI=1S/C12H14ClN3O2/c1-6-8(13)4-7(11(17)12(6)18-3)9-5-10(14)16(2)15-9/h4-5,17H,14H2,1-3H3. The number of phenols is 1. The molecule has 0 radical (unpaired) electrons. The van der Waals surface area contributed by atoms with Crippen LogP contribution >= 0.6 is 11.6 Å². The zero-order valence-corrected chi connectivity index (χ0v) is 11.1. The highest BCUT2D eigenvalue weighted by Crippen LogP contribution is 2.42. The predicted octanol–water partition coefficient (Wildman–Crippen LogP) is 2.35. The first-order chi connectivity index (χ1) is 8.45. The van der Waals surface area contributed by atoms with Crippen LogP contribution in [-0.4, -0.2) is 22.0 Å². The Morgan fingerprint density at radius 1 is 1.44 bits per heavy atom. The van der Waals surface area contributed by atoms with E-state index in [1.54, 1.807) is 26.1 Å². The number of anilines is 1. The molecule has 0 aliphatic carbocycles. The van der Waals surface area contributed by atoms with Crippen LogP contribution in [0.5, 0.6) is 11.5 Å². The fourth-order valence-corrected chi connectivity index (χ4v) is 1.96. The van der Waals surface area contributed by atoms with E-state index in [1.165, 1.54) is 11.8 Å². The van der Waals surface area contributed by atoms with Crippen LogP contribution in [0, 0.1) is 6.92 Å². The van der Waals surface area contributed by atoms with Crippen molar-refractivity contribution in [3.63, 3.8) is 0 Å². The van der Waals surface area contributed by atoms with E-state index in [0.717, 1.165) is 0 Å². The molecule has 1 heterocycles. The van der Waals surface area contributed by atoms with Gasteiger partial charge in [-0.1, -0.05) is 11.6 Å². The number of benzene rings is 1. The topological polar surface area (TPSA) is 73.3 Å². The quantitative estimate of drug-likeness (QED) is 0.876. The van der Waals surface area contributed by atoms with E-state index >= 15 is 0 Å². The summed E-state index contributed by atoms with van der Waals surface area (Å²) in [6, 6.07) is 3.32. The molecule has 6 heteroatoms. The highest BCUT2D eigenvalue weighted by atomic mass is 35.5. The maximum atomic E-state index is 10.2. The molecule has 0 aliphatic heterocycles. The first-order valence-corrected chi connectivity index (χ1v) is 5.69. The molecule has 0 amide bonds. The van der Waals surface area contributed by atoms with Crippen LogP contribution < -0.4 is 10.5 Å². The van der Waals surface area contributed by atoms with Crippen LogP contribution in [0.1, 0.15) is 5.56 Å². The Kier molecular flexibility index (Phi) is 3.09. The molecule has 3 N–H and O–H groups in total. The lowest BCUT2D eigenvalue weighted by atomic mass is 10.1. The van der Waals surface area contributed by atoms with E-state index in [9.17, 15) is 5.11 Å². The summed E-state index contributed by atoms with van der Waals surface area (Å²) in [6.45, 7) is 1.78. The van der Waals surface area contributed by atoms with E-state index in [4.69, 9.17) is 22.1 Å². The van der Waals surface area contributed by atoms with Gasteiger partial charge in [0.05, 0.1) is 12.8 Å². The van der Waals surface area contributed by atoms with Crippen LogP contribution in [0.4, 0.5) is 5.82 Å². The van der Waals surface area contributed by atoms with Gasteiger partial charge >= 0.3 is 0 Å². The Labute approximate surface area is 110 Å². The Balaban J connectivity index is 2.68. The molecule has 5 nitrogen and oxygen atoms in total. The molecule has 2 rings (SSSR count). The summed E-state index contributed by atoms with van der Waals surface area (Å²) in [4.78, 5) is 0. The highest BCUT2D eigenvalue weighted by Gasteiger charge is 2.18. The van der Waals surface area contributed by atoms with Gasteiger partial charge in [0.15, 0.2) is 11.5 Å². The lowest BCUT2D eigenvalue weighted by molar-refractivity contribution is 0.372. The van der Waals surface area contributed by atoms with E-state index in [1.807, 2.05) is 0 Å². The van der Waals surface area contributed by atoms with Gasteiger partial charge in [-0.05, 0) is 13.0 Å². The van der Waals surface area contributed by atoms with Gasteiger partial charge in [0.1, 0.15) is 5.82 Å². The SMILES string of the molecule is COc1c(C)c(Cl)cc(-c2cc(N)n(C)n2)c1O. The molecule has 18 heavy (non-hydrogen) atoms. The summed E-state index contributed by atoms with van der Waals surface area (Å²) in [5, 5.41) is 14.9. The molecule has 0 fully saturated rings. The number of methoxy groups -OCH3 is 1. The van der Waals surface area contributed by atoms with Gasteiger partial charge in [-0.3, -0.25) is 4.68 Å². The maximum Gasteiger partial charge on any atom is 0.167 e. The smallest absolute Gasteiger partial charge is 0.167 e. The molecular formula is C12H14ClN3O2. The van der Waals surface area contributed by atoms with Crippen molar-refractivity contribution in [3.8, 4) is 22.8 Å². The first kappa shape index (κ1) is 12.6. The lowest BCUT2D eigenvalue weighted by Crippen LogP contribution is -1.96. The van der Waals surface area contributed by atoms with Crippen molar-refractivity contribution in [1.29, 1.82) is 0 Å². The molecule has 0 aliphatic rings. The van der Waals surface area contributed by atoms with Crippen LogP contribution in [0.3, 0.4) is 0 Å². The third-order valence-corrected chi connectivity index (χ3v) is 3.23. The van der Waals surface area contributed by atoms with Crippen LogP contribution in [0.15, 0.2) is 12.1 Å². The Morgan fingerprint density at radius 3 is 2.61 bits per heavy atom. The number of hydrogen-bond donors (Lipinski definition) is 2. The number of ether oxygens (including phenoxy) is 1. The summed E-state index contributed by atoms with van der Waals surface area (Å²) in [5.74, 6) is 0.860. The Hall–Kier alpha value is -1.88. The van der Waals surface area contributed by atoms with Crippen LogP contribution in [0.2, 0.25) is 5.02 Å². The number of aromatic hydroxyl groups is 1. The molecule has 96 valence electrons. The van der Waals surface area contributed by atoms with Crippen molar-refractivity contribution in [1.82, 2.24) is 9.78 Å². The van der Waals surface area contributed by atoms with Crippen molar-refractivity contribution in [2.75, 3.05) is 12.8 Å².